The Balaban J connectivity index is 3.94. The zero-order chi connectivity index (χ0) is 9.61. The van der Waals surface area contributed by atoms with Gasteiger partial charge in [0.2, 0.25) is 0 Å². The second-order valence-corrected chi connectivity index (χ2v) is 14.8. The van der Waals surface area contributed by atoms with E-state index in [-0.39, 0.29) is 0 Å². The molecule has 0 fully saturated rings. The average molecular weight is 242 g/mol. The summed E-state index contributed by atoms with van der Waals surface area (Å²) in [5.74, 6) is 0. The number of thiol groups is 3. The van der Waals surface area contributed by atoms with E-state index in [1.165, 1.54) is 19.3 Å². The van der Waals surface area contributed by atoms with Gasteiger partial charge in [0.25, 0.3) is 0 Å². The predicted octanol–water partition coefficient (Wildman–Crippen LogP) is 4.41. The number of hydrogen-bond donors (Lipinski definition) is 3. The van der Waals surface area contributed by atoms with Crippen LogP contribution in [0.5, 0.6) is 0 Å². The Kier molecular flexibility index (Phi) is 7.32. The van der Waals surface area contributed by atoms with Crippen LogP contribution in [-0.2, 0) is 0 Å². The van der Waals surface area contributed by atoms with Crippen LogP contribution in [0.4, 0.5) is 0 Å². The van der Waals surface area contributed by atoms with Crippen molar-refractivity contribution in [2.45, 2.75) is 38.3 Å². The van der Waals surface area contributed by atoms with Crippen LogP contribution in [0, 0.1) is 0 Å². The standard InChI is InChI=1S/C8H19PS3/c1-3-5-7-8(6-4-2)9(10,11)12/h4,8-12H,2-3,5-7H2,1H3. The van der Waals surface area contributed by atoms with Crippen molar-refractivity contribution in [3.8, 4) is 0 Å². The number of unbranched alkanes of at least 4 members (excludes halogenated alkanes) is 1. The van der Waals surface area contributed by atoms with Crippen LogP contribution in [0.3, 0.4) is 0 Å². The Morgan fingerprint density at radius 1 is 1.42 bits per heavy atom. The van der Waals surface area contributed by atoms with Crippen molar-refractivity contribution in [3.63, 3.8) is 0 Å². The van der Waals surface area contributed by atoms with Gasteiger partial charge in [-0.25, -0.2) is 0 Å². The molecule has 0 saturated carbocycles. The van der Waals surface area contributed by atoms with Crippen molar-refractivity contribution in [2.24, 2.45) is 0 Å². The average Bonchev–Trinajstić information content (AvgIpc) is 1.95. The maximum absolute atomic E-state index is 4.48. The van der Waals surface area contributed by atoms with Crippen molar-refractivity contribution in [3.05, 3.63) is 12.7 Å². The topological polar surface area (TPSA) is 0 Å². The van der Waals surface area contributed by atoms with Crippen LogP contribution in [-0.4, -0.2) is 5.66 Å². The SMILES string of the molecule is C=CCC(CCCC)[PH](S)(S)S. The quantitative estimate of drug-likeness (QED) is 0.343. The fourth-order valence-corrected chi connectivity index (χ4v) is 4.31. The summed E-state index contributed by atoms with van der Waals surface area (Å²) >= 11 is 13.4. The molecule has 0 amide bonds. The molecule has 0 aromatic carbocycles. The molecule has 1 unspecified atom stereocenters. The fourth-order valence-electron chi connectivity index (χ4n) is 1.12. The van der Waals surface area contributed by atoms with E-state index in [1.54, 1.807) is 0 Å². The summed E-state index contributed by atoms with van der Waals surface area (Å²) in [5.41, 5.74) is 0.546. The van der Waals surface area contributed by atoms with E-state index in [0.29, 0.717) is 5.66 Å². The summed E-state index contributed by atoms with van der Waals surface area (Å²) in [4.78, 5) is -1.83. The first-order valence-corrected chi connectivity index (χ1v) is 10.2. The first-order valence-electron chi connectivity index (χ1n) is 4.30. The molecule has 0 N–H and O–H groups in total. The minimum atomic E-state index is -1.83. The molecule has 0 radical (unpaired) electrons. The molecule has 0 aliphatic carbocycles. The monoisotopic (exact) mass is 242 g/mol. The zero-order valence-corrected chi connectivity index (χ0v) is 11.2. The maximum atomic E-state index is 4.48. The number of allylic oxidation sites excluding steroid dienone is 1. The molecule has 0 aliphatic rings. The number of hydrogen-bond acceptors (Lipinski definition) is 3. The summed E-state index contributed by atoms with van der Waals surface area (Å²) in [5, 5.41) is 0. The molecule has 1 atom stereocenters. The molecule has 4 heteroatoms. The second kappa shape index (κ2) is 6.64. The van der Waals surface area contributed by atoms with Gasteiger partial charge in [0, 0.05) is 0 Å². The van der Waals surface area contributed by atoms with E-state index >= 15 is 0 Å². The van der Waals surface area contributed by atoms with Gasteiger partial charge in [-0.3, -0.25) is 0 Å². The molecule has 0 rings (SSSR count). The predicted molar refractivity (Wildman–Crippen MR) is 73.4 cm³/mol. The third kappa shape index (κ3) is 5.80. The second-order valence-electron chi connectivity index (χ2n) is 3.05. The molecule has 0 saturated heterocycles. The van der Waals surface area contributed by atoms with E-state index in [2.05, 4.69) is 50.2 Å². The van der Waals surface area contributed by atoms with Crippen molar-refractivity contribution >= 4 is 41.6 Å². The van der Waals surface area contributed by atoms with Gasteiger partial charge in [-0.05, 0) is 0 Å². The molecule has 0 nitrogen and oxygen atoms in total. The van der Waals surface area contributed by atoms with Crippen molar-refractivity contribution in [2.75, 3.05) is 0 Å². The summed E-state index contributed by atoms with van der Waals surface area (Å²) in [6.07, 6.45) is 6.61. The van der Waals surface area contributed by atoms with Gasteiger partial charge in [-0.15, -0.1) is 0 Å². The third-order valence-electron chi connectivity index (χ3n) is 1.91. The molecule has 0 heterocycles. The third-order valence-corrected chi connectivity index (χ3v) is 6.81. The van der Waals surface area contributed by atoms with Gasteiger partial charge in [-0.2, -0.15) is 0 Å². The summed E-state index contributed by atoms with van der Waals surface area (Å²) in [6.45, 7) is 5.94. The Morgan fingerprint density at radius 2 is 2.00 bits per heavy atom. The minimum absolute atomic E-state index is 0.546. The van der Waals surface area contributed by atoms with Crippen LogP contribution in [0.1, 0.15) is 32.6 Å². The van der Waals surface area contributed by atoms with E-state index in [1.807, 2.05) is 6.08 Å². The summed E-state index contributed by atoms with van der Waals surface area (Å²) in [6, 6.07) is 0. The van der Waals surface area contributed by atoms with Crippen molar-refractivity contribution in [1.82, 2.24) is 0 Å². The van der Waals surface area contributed by atoms with Crippen LogP contribution in [0.15, 0.2) is 12.7 Å². The van der Waals surface area contributed by atoms with Gasteiger partial charge < -0.3 is 0 Å². The van der Waals surface area contributed by atoms with Gasteiger partial charge in [0.1, 0.15) is 0 Å². The number of rotatable bonds is 6. The van der Waals surface area contributed by atoms with Crippen LogP contribution in [0.25, 0.3) is 0 Å². The molecule has 0 spiro atoms. The van der Waals surface area contributed by atoms with Crippen molar-refractivity contribution < 1.29 is 0 Å². The first kappa shape index (κ1) is 13.2. The fraction of sp³-hybridized carbons (Fsp3) is 0.750. The summed E-state index contributed by atoms with van der Waals surface area (Å²) < 4.78 is 0. The molecular formula is C8H19PS3. The van der Waals surface area contributed by atoms with Gasteiger partial charge in [0.15, 0.2) is 0 Å². The first-order chi connectivity index (χ1) is 5.52. The molecule has 12 heavy (non-hydrogen) atoms. The molecule has 0 aromatic rings. The van der Waals surface area contributed by atoms with E-state index < -0.39 is 4.87 Å². The van der Waals surface area contributed by atoms with Gasteiger partial charge >= 0.3 is 92.5 Å². The molecule has 0 bridgehead atoms. The Morgan fingerprint density at radius 3 is 2.33 bits per heavy atom. The van der Waals surface area contributed by atoms with Crippen LogP contribution >= 0.6 is 41.6 Å². The molecule has 74 valence electrons. The van der Waals surface area contributed by atoms with E-state index in [0.717, 1.165) is 6.42 Å². The van der Waals surface area contributed by atoms with Crippen LogP contribution < -0.4 is 0 Å². The Bertz CT molecular complexity index is 131. The Labute approximate surface area is 92.4 Å². The van der Waals surface area contributed by atoms with Gasteiger partial charge in [0.05, 0.1) is 0 Å². The molecule has 0 aliphatic heterocycles. The van der Waals surface area contributed by atoms with Gasteiger partial charge in [-0.1, -0.05) is 0 Å². The van der Waals surface area contributed by atoms with Crippen LogP contribution in [0.2, 0.25) is 0 Å². The van der Waals surface area contributed by atoms with Crippen molar-refractivity contribution in [1.29, 1.82) is 0 Å². The normalized spacial score (nSPS) is 15.7. The Hall–Kier alpha value is 1.22. The molecule has 0 aromatic heterocycles. The zero-order valence-electron chi connectivity index (χ0n) is 7.53. The molecular weight excluding hydrogens is 223 g/mol. The summed E-state index contributed by atoms with van der Waals surface area (Å²) in [7, 11) is 0. The van der Waals surface area contributed by atoms with E-state index in [9.17, 15) is 0 Å². The van der Waals surface area contributed by atoms with E-state index in [4.69, 9.17) is 0 Å².